The van der Waals surface area contributed by atoms with E-state index >= 15 is 0 Å². The van der Waals surface area contributed by atoms with Gasteiger partial charge in [0.05, 0.1) is 6.61 Å². The zero-order chi connectivity index (χ0) is 11.1. The second-order valence-corrected chi connectivity index (χ2v) is 3.21. The summed E-state index contributed by atoms with van der Waals surface area (Å²) in [6.07, 6.45) is 1.88. The Hall–Kier alpha value is -1.36. The summed E-state index contributed by atoms with van der Waals surface area (Å²) in [4.78, 5) is 8.66. The SMILES string of the molecule is CCCc1nc(NC)cc(NCCO)n1. The van der Waals surface area contributed by atoms with E-state index in [0.29, 0.717) is 6.54 Å². The summed E-state index contributed by atoms with van der Waals surface area (Å²) < 4.78 is 0. The van der Waals surface area contributed by atoms with Crippen molar-refractivity contribution in [3.05, 3.63) is 11.9 Å². The highest BCUT2D eigenvalue weighted by molar-refractivity contribution is 5.47. The fraction of sp³-hybridized carbons (Fsp3) is 0.600. The number of hydrogen-bond acceptors (Lipinski definition) is 5. The lowest BCUT2D eigenvalue weighted by molar-refractivity contribution is 0.311. The standard InChI is InChI=1S/C10H18N4O/c1-3-4-8-13-9(11-2)7-10(14-8)12-5-6-15/h7,15H,3-6H2,1-2H3,(H2,11,12,13,14). The van der Waals surface area contributed by atoms with Gasteiger partial charge in [-0.25, -0.2) is 9.97 Å². The van der Waals surface area contributed by atoms with Gasteiger partial charge in [-0.2, -0.15) is 0 Å². The normalized spacial score (nSPS) is 10.1. The number of aliphatic hydroxyl groups is 1. The third kappa shape index (κ3) is 3.71. The van der Waals surface area contributed by atoms with Gasteiger partial charge in [0, 0.05) is 26.1 Å². The molecule has 5 nitrogen and oxygen atoms in total. The number of anilines is 2. The van der Waals surface area contributed by atoms with E-state index in [2.05, 4.69) is 27.5 Å². The van der Waals surface area contributed by atoms with E-state index in [1.807, 2.05) is 13.1 Å². The van der Waals surface area contributed by atoms with Crippen LogP contribution in [0.15, 0.2) is 6.07 Å². The van der Waals surface area contributed by atoms with E-state index in [-0.39, 0.29) is 6.61 Å². The van der Waals surface area contributed by atoms with Crippen molar-refractivity contribution >= 4 is 11.6 Å². The fourth-order valence-corrected chi connectivity index (χ4v) is 1.24. The molecule has 0 aliphatic rings. The number of aliphatic hydroxyl groups excluding tert-OH is 1. The van der Waals surface area contributed by atoms with Gasteiger partial charge in [-0.05, 0) is 6.42 Å². The topological polar surface area (TPSA) is 70.1 Å². The van der Waals surface area contributed by atoms with E-state index in [4.69, 9.17) is 5.11 Å². The molecule has 1 aromatic heterocycles. The molecule has 0 amide bonds. The van der Waals surface area contributed by atoms with Crippen LogP contribution < -0.4 is 10.6 Å². The van der Waals surface area contributed by atoms with Crippen molar-refractivity contribution < 1.29 is 5.11 Å². The van der Waals surface area contributed by atoms with Crippen LogP contribution in [0.25, 0.3) is 0 Å². The van der Waals surface area contributed by atoms with Gasteiger partial charge in [0.25, 0.3) is 0 Å². The predicted molar refractivity (Wildman–Crippen MR) is 61.1 cm³/mol. The number of aryl methyl sites for hydroxylation is 1. The minimum atomic E-state index is 0.0992. The summed E-state index contributed by atoms with van der Waals surface area (Å²) in [6, 6.07) is 1.83. The summed E-state index contributed by atoms with van der Waals surface area (Å²) in [5, 5.41) is 14.7. The Morgan fingerprint density at radius 3 is 2.67 bits per heavy atom. The second-order valence-electron chi connectivity index (χ2n) is 3.21. The van der Waals surface area contributed by atoms with Crippen LogP contribution in [0.2, 0.25) is 0 Å². The zero-order valence-electron chi connectivity index (χ0n) is 9.25. The molecule has 3 N–H and O–H groups in total. The van der Waals surface area contributed by atoms with Crippen LogP contribution >= 0.6 is 0 Å². The van der Waals surface area contributed by atoms with Crippen LogP contribution in [0.4, 0.5) is 11.6 Å². The molecule has 0 bridgehead atoms. The highest BCUT2D eigenvalue weighted by Crippen LogP contribution is 2.11. The van der Waals surface area contributed by atoms with E-state index in [9.17, 15) is 0 Å². The molecule has 5 heteroatoms. The second kappa shape index (κ2) is 6.19. The Labute approximate surface area is 90.0 Å². The van der Waals surface area contributed by atoms with Crippen molar-refractivity contribution in [2.24, 2.45) is 0 Å². The molecule has 0 spiro atoms. The quantitative estimate of drug-likeness (QED) is 0.650. The number of aromatic nitrogens is 2. The van der Waals surface area contributed by atoms with Crippen molar-refractivity contribution in [1.82, 2.24) is 9.97 Å². The minimum Gasteiger partial charge on any atom is -0.395 e. The van der Waals surface area contributed by atoms with Gasteiger partial charge in [0.2, 0.25) is 0 Å². The first-order valence-corrected chi connectivity index (χ1v) is 5.20. The molecular weight excluding hydrogens is 192 g/mol. The maximum absolute atomic E-state index is 8.71. The van der Waals surface area contributed by atoms with Crippen LogP contribution in [0.5, 0.6) is 0 Å². The maximum atomic E-state index is 8.71. The van der Waals surface area contributed by atoms with Crippen molar-refractivity contribution in [3.63, 3.8) is 0 Å². The lowest BCUT2D eigenvalue weighted by atomic mass is 10.3. The van der Waals surface area contributed by atoms with Crippen LogP contribution in [0.1, 0.15) is 19.2 Å². The van der Waals surface area contributed by atoms with E-state index in [0.717, 1.165) is 30.3 Å². The summed E-state index contributed by atoms with van der Waals surface area (Å²) >= 11 is 0. The van der Waals surface area contributed by atoms with Crippen molar-refractivity contribution in [1.29, 1.82) is 0 Å². The van der Waals surface area contributed by atoms with Gasteiger partial charge in [0.15, 0.2) is 0 Å². The van der Waals surface area contributed by atoms with E-state index in [1.54, 1.807) is 0 Å². The Morgan fingerprint density at radius 1 is 1.33 bits per heavy atom. The average Bonchev–Trinajstić information content (AvgIpc) is 2.26. The first-order chi connectivity index (χ1) is 7.30. The summed E-state index contributed by atoms with van der Waals surface area (Å²) in [5.41, 5.74) is 0. The summed E-state index contributed by atoms with van der Waals surface area (Å²) in [7, 11) is 1.83. The van der Waals surface area contributed by atoms with Gasteiger partial charge in [-0.3, -0.25) is 0 Å². The molecule has 84 valence electrons. The van der Waals surface area contributed by atoms with Gasteiger partial charge >= 0.3 is 0 Å². The smallest absolute Gasteiger partial charge is 0.133 e. The molecule has 0 unspecified atom stereocenters. The van der Waals surface area contributed by atoms with Crippen LogP contribution in [0, 0.1) is 0 Å². The molecule has 1 heterocycles. The van der Waals surface area contributed by atoms with Crippen molar-refractivity contribution in [2.45, 2.75) is 19.8 Å². The molecule has 0 aliphatic carbocycles. The summed E-state index contributed by atoms with van der Waals surface area (Å²) in [5.74, 6) is 2.38. The predicted octanol–water partition coefficient (Wildman–Crippen LogP) is 0.875. The van der Waals surface area contributed by atoms with Gasteiger partial charge in [-0.15, -0.1) is 0 Å². The Morgan fingerprint density at radius 2 is 2.07 bits per heavy atom. The first-order valence-electron chi connectivity index (χ1n) is 5.20. The van der Waals surface area contributed by atoms with Crippen LogP contribution in [-0.2, 0) is 6.42 Å². The number of nitrogens with zero attached hydrogens (tertiary/aromatic N) is 2. The van der Waals surface area contributed by atoms with Gasteiger partial charge < -0.3 is 15.7 Å². The van der Waals surface area contributed by atoms with Crippen LogP contribution in [0.3, 0.4) is 0 Å². The van der Waals surface area contributed by atoms with Crippen LogP contribution in [-0.4, -0.2) is 35.3 Å². The van der Waals surface area contributed by atoms with Crippen molar-refractivity contribution in [3.8, 4) is 0 Å². The summed E-state index contributed by atoms with van der Waals surface area (Å²) in [6.45, 7) is 2.70. The zero-order valence-corrected chi connectivity index (χ0v) is 9.25. The molecule has 1 rings (SSSR count). The molecule has 1 aromatic rings. The highest BCUT2D eigenvalue weighted by atomic mass is 16.3. The maximum Gasteiger partial charge on any atom is 0.133 e. The molecule has 0 atom stereocenters. The lowest BCUT2D eigenvalue weighted by Gasteiger charge is -2.08. The monoisotopic (exact) mass is 210 g/mol. The Balaban J connectivity index is 2.79. The van der Waals surface area contributed by atoms with Gasteiger partial charge in [0.1, 0.15) is 17.5 Å². The number of hydrogen-bond donors (Lipinski definition) is 3. The fourth-order valence-electron chi connectivity index (χ4n) is 1.24. The van der Waals surface area contributed by atoms with E-state index < -0.39 is 0 Å². The highest BCUT2D eigenvalue weighted by Gasteiger charge is 2.02. The average molecular weight is 210 g/mol. The molecular formula is C10H18N4O. The molecule has 0 radical (unpaired) electrons. The lowest BCUT2D eigenvalue weighted by Crippen LogP contribution is -2.10. The van der Waals surface area contributed by atoms with E-state index in [1.165, 1.54) is 0 Å². The van der Waals surface area contributed by atoms with Crippen molar-refractivity contribution in [2.75, 3.05) is 30.8 Å². The molecule has 0 saturated heterocycles. The molecule has 0 aliphatic heterocycles. The first kappa shape index (κ1) is 11.7. The largest absolute Gasteiger partial charge is 0.395 e. The third-order valence-electron chi connectivity index (χ3n) is 1.92. The number of nitrogens with one attached hydrogen (secondary N) is 2. The minimum absolute atomic E-state index is 0.0992. The molecule has 15 heavy (non-hydrogen) atoms. The molecule has 0 saturated carbocycles. The Kier molecular flexibility index (Phi) is 4.83. The third-order valence-corrected chi connectivity index (χ3v) is 1.92. The molecule has 0 fully saturated rings. The van der Waals surface area contributed by atoms with Gasteiger partial charge in [-0.1, -0.05) is 6.92 Å². The number of rotatable bonds is 6. The molecule has 0 aromatic carbocycles. The Bertz CT molecular complexity index is 303.